The van der Waals surface area contributed by atoms with Crippen LogP contribution < -0.4 is 21.9 Å². The SMILES string of the molecule is CCN(C(=O)CN(Cc1ccco1)C1CC1)c1c(N)n(Cc2ccccc2)c(=O)[nH]c1=O. The lowest BCUT2D eigenvalue weighted by Gasteiger charge is -2.27. The Labute approximate surface area is 185 Å². The molecule has 1 aromatic carbocycles. The first kappa shape index (κ1) is 21.6. The molecule has 1 fully saturated rings. The molecular formula is C23H27N5O4. The van der Waals surface area contributed by atoms with Crippen molar-refractivity contribution in [2.24, 2.45) is 0 Å². The normalized spacial score (nSPS) is 13.4. The largest absolute Gasteiger partial charge is 0.468 e. The minimum Gasteiger partial charge on any atom is -0.468 e. The number of nitrogens with one attached hydrogen (secondary N) is 1. The number of anilines is 2. The maximum absolute atomic E-state index is 13.3. The Morgan fingerprint density at radius 3 is 2.56 bits per heavy atom. The lowest BCUT2D eigenvalue weighted by Crippen LogP contribution is -2.45. The van der Waals surface area contributed by atoms with E-state index in [4.69, 9.17) is 10.2 Å². The fraction of sp³-hybridized carbons (Fsp3) is 0.348. The lowest BCUT2D eigenvalue weighted by molar-refractivity contribution is -0.120. The molecule has 1 aliphatic carbocycles. The summed E-state index contributed by atoms with van der Waals surface area (Å²) in [5, 5.41) is 0. The molecule has 1 saturated carbocycles. The highest BCUT2D eigenvalue weighted by molar-refractivity contribution is 5.96. The number of hydrogen-bond donors (Lipinski definition) is 2. The number of nitrogens with two attached hydrogens (primary N) is 1. The quantitative estimate of drug-likeness (QED) is 0.527. The zero-order valence-corrected chi connectivity index (χ0v) is 18.0. The standard InChI is InChI=1S/C23H27N5O4/c1-2-27(19(29)15-26(17-10-11-17)14-18-9-6-12-32-18)20-21(24)28(23(31)25-22(20)30)13-16-7-4-3-5-8-16/h3-9,12,17H,2,10-11,13-15,24H2,1H3,(H,25,30,31). The smallest absolute Gasteiger partial charge is 0.330 e. The summed E-state index contributed by atoms with van der Waals surface area (Å²) in [6.45, 7) is 2.84. The summed E-state index contributed by atoms with van der Waals surface area (Å²) in [7, 11) is 0. The summed E-state index contributed by atoms with van der Waals surface area (Å²) >= 11 is 0. The van der Waals surface area contributed by atoms with Gasteiger partial charge in [0.2, 0.25) is 5.91 Å². The van der Waals surface area contributed by atoms with Gasteiger partial charge in [-0.05, 0) is 37.5 Å². The van der Waals surface area contributed by atoms with Crippen molar-refractivity contribution in [3.05, 3.63) is 80.9 Å². The van der Waals surface area contributed by atoms with Crippen molar-refractivity contribution < 1.29 is 9.21 Å². The molecule has 3 N–H and O–H groups in total. The molecular weight excluding hydrogens is 410 g/mol. The molecule has 1 amide bonds. The highest BCUT2D eigenvalue weighted by atomic mass is 16.3. The van der Waals surface area contributed by atoms with E-state index >= 15 is 0 Å². The maximum Gasteiger partial charge on any atom is 0.330 e. The van der Waals surface area contributed by atoms with Crippen molar-refractivity contribution in [3.63, 3.8) is 0 Å². The van der Waals surface area contributed by atoms with E-state index in [2.05, 4.69) is 4.98 Å². The van der Waals surface area contributed by atoms with Crippen LogP contribution >= 0.6 is 0 Å². The van der Waals surface area contributed by atoms with Gasteiger partial charge in [0.15, 0.2) is 5.69 Å². The van der Waals surface area contributed by atoms with Gasteiger partial charge < -0.3 is 15.1 Å². The van der Waals surface area contributed by atoms with Gasteiger partial charge in [-0.3, -0.25) is 24.0 Å². The second-order valence-corrected chi connectivity index (χ2v) is 7.92. The fourth-order valence-electron chi connectivity index (χ4n) is 3.84. The third kappa shape index (κ3) is 4.67. The fourth-order valence-corrected chi connectivity index (χ4v) is 3.84. The summed E-state index contributed by atoms with van der Waals surface area (Å²) in [5.41, 5.74) is 5.86. The van der Waals surface area contributed by atoms with E-state index in [-0.39, 0.29) is 37.0 Å². The van der Waals surface area contributed by atoms with E-state index in [0.29, 0.717) is 12.6 Å². The second-order valence-electron chi connectivity index (χ2n) is 7.92. The molecule has 0 atom stereocenters. The number of carbonyl (C=O) groups is 1. The molecule has 3 aromatic rings. The van der Waals surface area contributed by atoms with Gasteiger partial charge >= 0.3 is 5.69 Å². The molecule has 168 valence electrons. The van der Waals surface area contributed by atoms with Crippen molar-refractivity contribution >= 4 is 17.4 Å². The predicted octanol–water partition coefficient (Wildman–Crippen LogP) is 1.78. The van der Waals surface area contributed by atoms with Crippen molar-refractivity contribution in [1.29, 1.82) is 0 Å². The molecule has 0 spiro atoms. The number of nitrogens with zero attached hydrogens (tertiary/aromatic N) is 3. The summed E-state index contributed by atoms with van der Waals surface area (Å²) in [5.74, 6) is 0.497. The van der Waals surface area contributed by atoms with Crippen molar-refractivity contribution in [2.45, 2.75) is 38.9 Å². The number of carbonyl (C=O) groups excluding carboxylic acids is 1. The number of likely N-dealkylation sites (N-methyl/N-ethyl adjacent to an activating group) is 1. The zero-order valence-electron chi connectivity index (χ0n) is 18.0. The number of nitrogen functional groups attached to an aromatic ring is 1. The third-order valence-corrected chi connectivity index (χ3v) is 5.63. The van der Waals surface area contributed by atoms with E-state index in [0.717, 1.165) is 24.2 Å². The van der Waals surface area contributed by atoms with E-state index in [9.17, 15) is 14.4 Å². The first-order chi connectivity index (χ1) is 15.5. The molecule has 4 rings (SSSR count). The van der Waals surface area contributed by atoms with E-state index in [1.165, 1.54) is 9.47 Å². The molecule has 0 aliphatic heterocycles. The van der Waals surface area contributed by atoms with Gasteiger partial charge in [-0.1, -0.05) is 30.3 Å². The Bertz CT molecular complexity index is 1180. The predicted molar refractivity (Wildman–Crippen MR) is 121 cm³/mol. The lowest BCUT2D eigenvalue weighted by atomic mass is 10.2. The first-order valence-electron chi connectivity index (χ1n) is 10.7. The number of hydrogen-bond acceptors (Lipinski definition) is 6. The number of amides is 1. The van der Waals surface area contributed by atoms with Gasteiger partial charge in [0.25, 0.3) is 5.56 Å². The molecule has 9 heteroatoms. The second kappa shape index (κ2) is 9.27. The monoisotopic (exact) mass is 437 g/mol. The molecule has 0 saturated heterocycles. The summed E-state index contributed by atoms with van der Waals surface area (Å²) < 4.78 is 6.72. The van der Waals surface area contributed by atoms with E-state index in [1.807, 2.05) is 47.4 Å². The Morgan fingerprint density at radius 1 is 1.19 bits per heavy atom. The highest BCUT2D eigenvalue weighted by Crippen LogP contribution is 2.29. The van der Waals surface area contributed by atoms with Crippen molar-refractivity contribution in [2.75, 3.05) is 23.7 Å². The highest BCUT2D eigenvalue weighted by Gasteiger charge is 2.33. The average molecular weight is 438 g/mol. The van der Waals surface area contributed by atoms with Crippen LogP contribution in [0.5, 0.6) is 0 Å². The van der Waals surface area contributed by atoms with Crippen LogP contribution in [0.15, 0.2) is 62.7 Å². The van der Waals surface area contributed by atoms with Gasteiger partial charge in [0.1, 0.15) is 11.6 Å². The van der Waals surface area contributed by atoms with E-state index in [1.54, 1.807) is 13.2 Å². The van der Waals surface area contributed by atoms with Crippen LogP contribution in [-0.4, -0.2) is 39.5 Å². The van der Waals surface area contributed by atoms with Gasteiger partial charge in [0.05, 0.1) is 25.9 Å². The molecule has 0 bridgehead atoms. The van der Waals surface area contributed by atoms with Crippen LogP contribution in [0.2, 0.25) is 0 Å². The first-order valence-corrected chi connectivity index (χ1v) is 10.7. The summed E-state index contributed by atoms with van der Waals surface area (Å²) in [6, 6.07) is 13.3. The number of benzene rings is 1. The third-order valence-electron chi connectivity index (χ3n) is 5.63. The average Bonchev–Trinajstić information content (AvgIpc) is 3.51. The number of aromatic nitrogens is 2. The van der Waals surface area contributed by atoms with Crippen LogP contribution in [0.3, 0.4) is 0 Å². The van der Waals surface area contributed by atoms with Crippen LogP contribution in [0.4, 0.5) is 11.5 Å². The Morgan fingerprint density at radius 2 is 1.94 bits per heavy atom. The van der Waals surface area contributed by atoms with Crippen molar-refractivity contribution in [1.82, 2.24) is 14.5 Å². The molecule has 0 radical (unpaired) electrons. The number of aromatic amines is 1. The van der Waals surface area contributed by atoms with Crippen LogP contribution in [-0.2, 0) is 17.9 Å². The van der Waals surface area contributed by atoms with Crippen LogP contribution in [0, 0.1) is 0 Å². The molecule has 1 aliphatic rings. The molecule has 2 heterocycles. The number of furan rings is 1. The topological polar surface area (TPSA) is 118 Å². The van der Waals surface area contributed by atoms with Crippen LogP contribution in [0.1, 0.15) is 31.1 Å². The van der Waals surface area contributed by atoms with Crippen molar-refractivity contribution in [3.8, 4) is 0 Å². The Balaban J connectivity index is 1.61. The molecule has 9 nitrogen and oxygen atoms in total. The number of rotatable bonds is 9. The Hall–Kier alpha value is -3.59. The maximum atomic E-state index is 13.3. The minimum absolute atomic E-state index is 0.00165. The summed E-state index contributed by atoms with van der Waals surface area (Å²) in [6.07, 6.45) is 3.65. The van der Waals surface area contributed by atoms with Gasteiger partial charge in [-0.2, -0.15) is 0 Å². The number of H-pyrrole nitrogens is 1. The molecule has 2 aromatic heterocycles. The van der Waals surface area contributed by atoms with Gasteiger partial charge in [0, 0.05) is 12.6 Å². The zero-order chi connectivity index (χ0) is 22.7. The van der Waals surface area contributed by atoms with E-state index < -0.39 is 11.2 Å². The van der Waals surface area contributed by atoms with Crippen LogP contribution in [0.25, 0.3) is 0 Å². The van der Waals surface area contributed by atoms with Gasteiger partial charge in [-0.25, -0.2) is 4.79 Å². The minimum atomic E-state index is -0.670. The molecule has 32 heavy (non-hydrogen) atoms. The molecule has 0 unspecified atom stereocenters. The van der Waals surface area contributed by atoms with Gasteiger partial charge in [-0.15, -0.1) is 0 Å². The Kier molecular flexibility index (Phi) is 6.27. The summed E-state index contributed by atoms with van der Waals surface area (Å²) in [4.78, 5) is 44.1.